The molecule has 2 aromatic carbocycles. The van der Waals surface area contributed by atoms with Crippen LogP contribution in [0.15, 0.2) is 66.4 Å². The SMILES string of the molecule is Cc1ncsc1-c1ccc([C@H](C)NC(=O)[C@@H]2C[C@@H](O)CN2C(=O)[C@@H](CC(=O)CCCCCNC(=O)CCc2ccc3c(c2)Cc2ccncc2-3)C(C)(C)C)cc1. The van der Waals surface area contributed by atoms with Crippen molar-refractivity contribution >= 4 is 34.8 Å². The van der Waals surface area contributed by atoms with E-state index in [2.05, 4.69) is 44.9 Å². The number of aryl methyl sites for hydroxylation is 2. The van der Waals surface area contributed by atoms with Crippen molar-refractivity contribution in [1.82, 2.24) is 25.5 Å². The van der Waals surface area contributed by atoms with Crippen LogP contribution in [0.3, 0.4) is 0 Å². The van der Waals surface area contributed by atoms with Gasteiger partial charge < -0.3 is 20.6 Å². The standard InChI is InChI=1S/C45H55N5O5S/c1-28(31-12-14-32(15-13-31)42-29(2)48-27-56-42)49-43(54)40-24-36(52)26-50(40)44(55)39(45(3,4)5)23-35(51)9-7-6-8-19-47-41(53)17-11-30-10-16-37-34(21-30)22-33-18-20-46-25-38(33)37/h10,12-16,18,20-21,25,27-28,36,39-40,52H,6-9,11,17,19,22-24,26H2,1-5H3,(H,47,53)(H,49,54)/t28-,36+,39+,40-/m0/s1. The molecule has 1 aliphatic carbocycles. The Morgan fingerprint density at radius 1 is 0.982 bits per heavy atom. The number of hydrogen-bond acceptors (Lipinski definition) is 8. The molecular formula is C45H55N5O5S. The number of pyridine rings is 1. The highest BCUT2D eigenvalue weighted by molar-refractivity contribution is 7.13. The van der Waals surface area contributed by atoms with Crippen LogP contribution < -0.4 is 10.6 Å². The summed E-state index contributed by atoms with van der Waals surface area (Å²) in [4.78, 5) is 64.7. The Hall–Kier alpha value is -4.74. The summed E-state index contributed by atoms with van der Waals surface area (Å²) in [6, 6.07) is 15.4. The Morgan fingerprint density at radius 2 is 1.77 bits per heavy atom. The van der Waals surface area contributed by atoms with Crippen molar-refractivity contribution in [3.05, 3.63) is 94.4 Å². The highest BCUT2D eigenvalue weighted by Gasteiger charge is 2.44. The quantitative estimate of drug-likeness (QED) is 0.0904. The number of ketones is 1. The molecule has 2 aromatic heterocycles. The van der Waals surface area contributed by atoms with Crippen LogP contribution in [-0.4, -0.2) is 68.7 Å². The fourth-order valence-corrected chi connectivity index (χ4v) is 8.74. The minimum absolute atomic E-state index is 0.00218. The van der Waals surface area contributed by atoms with Gasteiger partial charge in [0, 0.05) is 62.6 Å². The summed E-state index contributed by atoms with van der Waals surface area (Å²) in [7, 11) is 0. The lowest BCUT2D eigenvalue weighted by atomic mass is 9.76. The number of β-amino-alcohol motifs (C(OH)–C–C–N with tert-alkyl or cyclic N) is 1. The van der Waals surface area contributed by atoms with Crippen molar-refractivity contribution in [2.75, 3.05) is 13.1 Å². The lowest BCUT2D eigenvalue weighted by Crippen LogP contribution is -2.50. The van der Waals surface area contributed by atoms with Gasteiger partial charge in [-0.15, -0.1) is 11.3 Å². The monoisotopic (exact) mass is 777 g/mol. The molecule has 1 aliphatic heterocycles. The molecule has 296 valence electrons. The zero-order valence-corrected chi connectivity index (χ0v) is 34.1. The Kier molecular flexibility index (Phi) is 13.2. The lowest BCUT2D eigenvalue weighted by Gasteiger charge is -2.35. The molecule has 0 saturated carbocycles. The molecule has 1 saturated heterocycles. The number of nitrogens with one attached hydrogen (secondary N) is 2. The van der Waals surface area contributed by atoms with Gasteiger partial charge in [0.25, 0.3) is 0 Å². The first kappa shape index (κ1) is 40.9. The third-order valence-electron chi connectivity index (χ3n) is 11.3. The largest absolute Gasteiger partial charge is 0.391 e. The summed E-state index contributed by atoms with van der Waals surface area (Å²) in [5, 5.41) is 16.7. The second-order valence-corrected chi connectivity index (χ2v) is 17.4. The molecule has 6 rings (SSSR count). The smallest absolute Gasteiger partial charge is 0.243 e. The van der Waals surface area contributed by atoms with E-state index in [-0.39, 0.29) is 48.9 Å². The van der Waals surface area contributed by atoms with Gasteiger partial charge in [-0.05, 0) is 84.4 Å². The average Bonchev–Trinajstić information content (AvgIpc) is 3.89. The first-order valence-electron chi connectivity index (χ1n) is 19.9. The number of fused-ring (bicyclic) bond motifs is 3. The van der Waals surface area contributed by atoms with Crippen LogP contribution in [0.4, 0.5) is 0 Å². The number of carbonyl (C=O) groups excluding carboxylic acids is 4. The number of hydrogen-bond donors (Lipinski definition) is 3. The molecule has 11 heteroatoms. The van der Waals surface area contributed by atoms with Crippen LogP contribution >= 0.6 is 11.3 Å². The Morgan fingerprint density at radius 3 is 2.50 bits per heavy atom. The number of nitrogens with zero attached hydrogens (tertiary/aromatic N) is 3. The van der Waals surface area contributed by atoms with Crippen LogP contribution in [0.1, 0.15) is 107 Å². The summed E-state index contributed by atoms with van der Waals surface area (Å²) in [5.41, 5.74) is 10.4. The first-order chi connectivity index (χ1) is 26.8. The highest BCUT2D eigenvalue weighted by Crippen LogP contribution is 2.37. The molecule has 56 heavy (non-hydrogen) atoms. The molecular weight excluding hydrogens is 723 g/mol. The second kappa shape index (κ2) is 18.0. The molecule has 3 N–H and O–H groups in total. The van der Waals surface area contributed by atoms with Gasteiger partial charge in [0.15, 0.2) is 0 Å². The number of benzene rings is 2. The predicted octanol–water partition coefficient (Wildman–Crippen LogP) is 7.15. The van der Waals surface area contributed by atoms with Crippen LogP contribution in [0.25, 0.3) is 21.6 Å². The number of unbranched alkanes of at least 4 members (excludes halogenated alkanes) is 2. The van der Waals surface area contributed by atoms with Gasteiger partial charge in [0.2, 0.25) is 17.7 Å². The molecule has 0 bridgehead atoms. The van der Waals surface area contributed by atoms with Crippen LogP contribution in [0.5, 0.6) is 0 Å². The summed E-state index contributed by atoms with van der Waals surface area (Å²) in [5.74, 6) is -1.20. The molecule has 0 radical (unpaired) electrons. The number of thiazole rings is 1. The summed E-state index contributed by atoms with van der Waals surface area (Å²) >= 11 is 1.59. The van der Waals surface area contributed by atoms with Gasteiger partial charge in [-0.3, -0.25) is 24.2 Å². The van der Waals surface area contributed by atoms with Crippen molar-refractivity contribution in [2.45, 2.75) is 111 Å². The van der Waals surface area contributed by atoms with E-state index in [0.717, 1.165) is 46.5 Å². The highest BCUT2D eigenvalue weighted by atomic mass is 32.1. The minimum Gasteiger partial charge on any atom is -0.391 e. The predicted molar refractivity (Wildman–Crippen MR) is 220 cm³/mol. The van der Waals surface area contributed by atoms with Crippen LogP contribution in [0, 0.1) is 18.3 Å². The third kappa shape index (κ3) is 9.97. The van der Waals surface area contributed by atoms with E-state index in [1.54, 1.807) is 11.3 Å². The number of likely N-dealkylation sites (tertiary alicyclic amines) is 1. The van der Waals surface area contributed by atoms with Gasteiger partial charge >= 0.3 is 0 Å². The molecule has 0 spiro atoms. The number of aliphatic hydroxyl groups is 1. The van der Waals surface area contributed by atoms with Crippen molar-refractivity contribution in [1.29, 1.82) is 0 Å². The van der Waals surface area contributed by atoms with Gasteiger partial charge in [0.05, 0.1) is 28.2 Å². The first-order valence-corrected chi connectivity index (χ1v) is 20.8. The fourth-order valence-electron chi connectivity index (χ4n) is 7.93. The zero-order chi connectivity index (χ0) is 40.0. The van der Waals surface area contributed by atoms with E-state index < -0.39 is 23.5 Å². The van der Waals surface area contributed by atoms with Crippen LogP contribution in [-0.2, 0) is 32.0 Å². The molecule has 10 nitrogen and oxygen atoms in total. The number of amides is 3. The van der Waals surface area contributed by atoms with Crippen molar-refractivity contribution in [3.8, 4) is 21.6 Å². The van der Waals surface area contributed by atoms with E-state index in [9.17, 15) is 24.3 Å². The van der Waals surface area contributed by atoms with Gasteiger partial charge in [-0.1, -0.05) is 69.7 Å². The molecule has 4 atom stereocenters. The van der Waals surface area contributed by atoms with E-state index in [4.69, 9.17) is 0 Å². The number of aromatic nitrogens is 2. The molecule has 2 aliphatic rings. The van der Waals surface area contributed by atoms with Crippen molar-refractivity contribution in [3.63, 3.8) is 0 Å². The number of carbonyl (C=O) groups is 4. The molecule has 1 fully saturated rings. The summed E-state index contributed by atoms with van der Waals surface area (Å²) in [6.07, 6.45) is 7.72. The van der Waals surface area contributed by atoms with Gasteiger partial charge in [-0.25, -0.2) is 4.98 Å². The third-order valence-corrected chi connectivity index (χ3v) is 12.2. The molecule has 4 aromatic rings. The topological polar surface area (TPSA) is 142 Å². The van der Waals surface area contributed by atoms with Crippen LogP contribution in [0.2, 0.25) is 0 Å². The van der Waals surface area contributed by atoms with Crippen molar-refractivity contribution < 1.29 is 24.3 Å². The summed E-state index contributed by atoms with van der Waals surface area (Å²) < 4.78 is 0. The lowest BCUT2D eigenvalue weighted by molar-refractivity contribution is -0.146. The number of aliphatic hydroxyl groups excluding tert-OH is 1. The zero-order valence-electron chi connectivity index (χ0n) is 33.3. The van der Waals surface area contributed by atoms with E-state index in [1.807, 2.05) is 76.8 Å². The summed E-state index contributed by atoms with van der Waals surface area (Å²) in [6.45, 7) is 10.3. The van der Waals surface area contributed by atoms with E-state index in [0.29, 0.717) is 32.2 Å². The maximum Gasteiger partial charge on any atom is 0.243 e. The Balaban J connectivity index is 0.921. The Labute approximate surface area is 334 Å². The van der Waals surface area contributed by atoms with Gasteiger partial charge in [0.1, 0.15) is 11.8 Å². The minimum atomic E-state index is -0.821. The second-order valence-electron chi connectivity index (χ2n) is 16.5. The molecule has 0 unspecified atom stereocenters. The number of rotatable bonds is 16. The maximum atomic E-state index is 14.1. The Bertz CT molecular complexity index is 2040. The van der Waals surface area contributed by atoms with E-state index in [1.165, 1.54) is 27.2 Å². The van der Waals surface area contributed by atoms with Gasteiger partial charge in [-0.2, -0.15) is 0 Å². The number of Topliss-reactive ketones (excluding diaryl/α,β-unsaturated/α-hetero) is 1. The normalized spacial score (nSPS) is 17.2. The average molecular weight is 778 g/mol. The van der Waals surface area contributed by atoms with Crippen molar-refractivity contribution in [2.24, 2.45) is 11.3 Å². The maximum absolute atomic E-state index is 14.1. The fraction of sp³-hybridized carbons (Fsp3) is 0.467. The molecule has 3 heterocycles. The molecule has 3 amide bonds. The van der Waals surface area contributed by atoms with E-state index >= 15 is 0 Å².